The number of rotatable bonds is 1. The van der Waals surface area contributed by atoms with Crippen LogP contribution in [0.4, 0.5) is 0 Å². The second-order valence-electron chi connectivity index (χ2n) is 6.79. The molecule has 2 aromatic heterocycles. The van der Waals surface area contributed by atoms with Gasteiger partial charge in [0.1, 0.15) is 5.58 Å². The van der Waals surface area contributed by atoms with Crippen LogP contribution >= 0.6 is 0 Å². The smallest absolute Gasteiger partial charge is 0.454 e. The molecule has 0 radical (unpaired) electrons. The van der Waals surface area contributed by atoms with Crippen LogP contribution in [0, 0.1) is 0 Å². The van der Waals surface area contributed by atoms with Crippen molar-refractivity contribution in [3.05, 3.63) is 36.7 Å². The maximum absolute atomic E-state index is 6.17. The minimum Gasteiger partial charge on any atom is -0.454 e. The zero-order valence-electron chi connectivity index (χ0n) is 13.2. The third-order valence-electron chi connectivity index (χ3n) is 4.82. The molecule has 22 heavy (non-hydrogen) atoms. The van der Waals surface area contributed by atoms with Crippen molar-refractivity contribution in [2.24, 2.45) is 0 Å². The van der Waals surface area contributed by atoms with E-state index in [-0.39, 0.29) is 11.2 Å². The Bertz CT molecular complexity index is 853. The number of para-hydroxylation sites is 1. The van der Waals surface area contributed by atoms with E-state index in [1.807, 2.05) is 52.1 Å². The molecular formula is C17H18BNO3. The molecule has 1 fully saturated rings. The van der Waals surface area contributed by atoms with E-state index in [2.05, 4.69) is 11.1 Å². The zero-order chi connectivity index (χ0) is 15.5. The molecule has 5 heteroatoms. The number of pyridine rings is 1. The van der Waals surface area contributed by atoms with E-state index in [0.717, 1.165) is 27.4 Å². The van der Waals surface area contributed by atoms with E-state index in [1.165, 1.54) is 0 Å². The lowest BCUT2D eigenvalue weighted by molar-refractivity contribution is 0.00578. The first-order valence-corrected chi connectivity index (χ1v) is 7.50. The molecule has 0 saturated carbocycles. The van der Waals surface area contributed by atoms with Crippen LogP contribution in [-0.4, -0.2) is 23.3 Å². The predicted molar refractivity (Wildman–Crippen MR) is 87.2 cm³/mol. The van der Waals surface area contributed by atoms with Crippen molar-refractivity contribution in [1.29, 1.82) is 0 Å². The molecule has 4 nitrogen and oxygen atoms in total. The Morgan fingerprint density at radius 2 is 1.59 bits per heavy atom. The lowest BCUT2D eigenvalue weighted by Gasteiger charge is -2.32. The molecule has 1 saturated heterocycles. The summed E-state index contributed by atoms with van der Waals surface area (Å²) in [6.07, 6.45) is 3.55. The molecule has 0 unspecified atom stereocenters. The van der Waals surface area contributed by atoms with Crippen molar-refractivity contribution in [3.8, 4) is 0 Å². The van der Waals surface area contributed by atoms with Crippen molar-refractivity contribution < 1.29 is 13.7 Å². The summed E-state index contributed by atoms with van der Waals surface area (Å²) in [4.78, 5) is 4.29. The highest BCUT2D eigenvalue weighted by Gasteiger charge is 2.52. The highest BCUT2D eigenvalue weighted by molar-refractivity contribution is 6.65. The van der Waals surface area contributed by atoms with Crippen molar-refractivity contribution in [1.82, 2.24) is 4.98 Å². The lowest BCUT2D eigenvalue weighted by Crippen LogP contribution is -2.41. The van der Waals surface area contributed by atoms with Gasteiger partial charge in [-0.25, -0.2) is 0 Å². The van der Waals surface area contributed by atoms with Crippen LogP contribution in [0.2, 0.25) is 0 Å². The van der Waals surface area contributed by atoms with Gasteiger partial charge in [0.25, 0.3) is 0 Å². The Morgan fingerprint density at radius 1 is 0.909 bits per heavy atom. The molecule has 0 spiro atoms. The number of fused-ring (bicyclic) bond motifs is 3. The number of benzene rings is 1. The fourth-order valence-electron chi connectivity index (χ4n) is 2.85. The van der Waals surface area contributed by atoms with Gasteiger partial charge >= 0.3 is 7.12 Å². The van der Waals surface area contributed by atoms with E-state index in [1.54, 1.807) is 6.20 Å². The number of nitrogens with zero attached hydrogens (tertiary/aromatic N) is 1. The predicted octanol–water partition coefficient (Wildman–Crippen LogP) is 3.28. The standard InChI is InChI=1S/C17H18BNO3/c1-16(2)17(3,4)22-18(21-16)12-9-19-10-14-15(12)11-7-5-6-8-13(11)20-14/h5-10H,1-4H3. The number of hydrogen-bond donors (Lipinski definition) is 0. The van der Waals surface area contributed by atoms with Gasteiger partial charge in [0.15, 0.2) is 5.58 Å². The third kappa shape index (κ3) is 1.82. The van der Waals surface area contributed by atoms with Crippen LogP contribution in [0.3, 0.4) is 0 Å². The SMILES string of the molecule is CC1(C)OB(c2cncc3oc4ccccc4c23)OC1(C)C. The average molecular weight is 295 g/mol. The summed E-state index contributed by atoms with van der Waals surface area (Å²) in [7, 11) is -0.442. The summed E-state index contributed by atoms with van der Waals surface area (Å²) in [5.41, 5.74) is 1.77. The maximum atomic E-state index is 6.17. The van der Waals surface area contributed by atoms with E-state index in [0.29, 0.717) is 0 Å². The van der Waals surface area contributed by atoms with E-state index < -0.39 is 7.12 Å². The van der Waals surface area contributed by atoms with Crippen LogP contribution in [0.1, 0.15) is 27.7 Å². The van der Waals surface area contributed by atoms with Gasteiger partial charge in [-0.15, -0.1) is 0 Å². The summed E-state index contributed by atoms with van der Waals surface area (Å²) >= 11 is 0. The van der Waals surface area contributed by atoms with Crippen LogP contribution < -0.4 is 5.46 Å². The molecule has 3 aromatic rings. The lowest BCUT2D eigenvalue weighted by atomic mass is 9.77. The molecule has 3 heterocycles. The number of hydrogen-bond acceptors (Lipinski definition) is 4. The largest absolute Gasteiger partial charge is 0.497 e. The normalized spacial score (nSPS) is 20.1. The summed E-state index contributed by atoms with van der Waals surface area (Å²) < 4.78 is 18.2. The van der Waals surface area contributed by atoms with Gasteiger partial charge in [0.2, 0.25) is 0 Å². The Balaban J connectivity index is 1.93. The second-order valence-corrected chi connectivity index (χ2v) is 6.79. The Labute approximate surface area is 129 Å². The first-order chi connectivity index (χ1) is 10.4. The van der Waals surface area contributed by atoms with Crippen LogP contribution in [-0.2, 0) is 9.31 Å². The summed E-state index contributed by atoms with van der Waals surface area (Å²) in [5.74, 6) is 0. The first kappa shape index (κ1) is 13.8. The third-order valence-corrected chi connectivity index (χ3v) is 4.82. The van der Waals surface area contributed by atoms with E-state index in [9.17, 15) is 0 Å². The highest BCUT2D eigenvalue weighted by atomic mass is 16.7. The molecule has 1 aliphatic rings. The number of furan rings is 1. The molecule has 0 N–H and O–H groups in total. The van der Waals surface area contributed by atoms with Crippen LogP contribution in [0.15, 0.2) is 41.1 Å². The molecule has 112 valence electrons. The summed E-state index contributed by atoms with van der Waals surface area (Å²) in [6.45, 7) is 8.20. The first-order valence-electron chi connectivity index (χ1n) is 7.50. The quantitative estimate of drug-likeness (QED) is 0.646. The second kappa shape index (κ2) is 4.34. The zero-order valence-corrected chi connectivity index (χ0v) is 13.2. The summed E-state index contributed by atoms with van der Waals surface area (Å²) in [5, 5.41) is 2.08. The average Bonchev–Trinajstić information content (AvgIpc) is 2.93. The van der Waals surface area contributed by atoms with Crippen molar-refractivity contribution >= 4 is 34.5 Å². The fourth-order valence-corrected chi connectivity index (χ4v) is 2.85. The van der Waals surface area contributed by atoms with Crippen LogP contribution in [0.25, 0.3) is 21.9 Å². The van der Waals surface area contributed by atoms with Gasteiger partial charge in [-0.1, -0.05) is 18.2 Å². The fraction of sp³-hybridized carbons (Fsp3) is 0.353. The van der Waals surface area contributed by atoms with Gasteiger partial charge in [-0.05, 0) is 33.8 Å². The Morgan fingerprint density at radius 3 is 2.32 bits per heavy atom. The Hall–Kier alpha value is -1.85. The number of aromatic nitrogens is 1. The minimum atomic E-state index is -0.442. The van der Waals surface area contributed by atoms with Gasteiger partial charge in [-0.2, -0.15) is 0 Å². The van der Waals surface area contributed by atoms with Crippen LogP contribution in [0.5, 0.6) is 0 Å². The molecular weight excluding hydrogens is 277 g/mol. The van der Waals surface area contributed by atoms with Crippen molar-refractivity contribution in [2.75, 3.05) is 0 Å². The highest BCUT2D eigenvalue weighted by Crippen LogP contribution is 2.37. The topological polar surface area (TPSA) is 44.5 Å². The molecule has 1 aliphatic heterocycles. The molecule has 0 bridgehead atoms. The molecule has 0 atom stereocenters. The van der Waals surface area contributed by atoms with E-state index in [4.69, 9.17) is 13.7 Å². The van der Waals surface area contributed by atoms with E-state index >= 15 is 0 Å². The van der Waals surface area contributed by atoms with Gasteiger partial charge in [0, 0.05) is 22.4 Å². The molecule has 0 aliphatic carbocycles. The van der Waals surface area contributed by atoms with Gasteiger partial charge < -0.3 is 13.7 Å². The molecule has 4 rings (SSSR count). The molecule has 0 amide bonds. The van der Waals surface area contributed by atoms with Gasteiger partial charge in [0.05, 0.1) is 17.4 Å². The summed E-state index contributed by atoms with van der Waals surface area (Å²) in [6, 6.07) is 7.98. The Kier molecular flexibility index (Phi) is 2.72. The van der Waals surface area contributed by atoms with Gasteiger partial charge in [-0.3, -0.25) is 4.98 Å². The van der Waals surface area contributed by atoms with Crippen molar-refractivity contribution in [3.63, 3.8) is 0 Å². The molecule has 1 aromatic carbocycles. The minimum absolute atomic E-state index is 0.376. The van der Waals surface area contributed by atoms with Crippen molar-refractivity contribution in [2.45, 2.75) is 38.9 Å². The maximum Gasteiger partial charge on any atom is 0.497 e. The monoisotopic (exact) mass is 295 g/mol.